The standard InChI is InChI=1S/C10H18O6/c1-14-10(13)7-4-9(12)8(11)3-6(7)5-16-15-2/h6-9,11-12H,3-5H2,1-2H3/t6-,7-,8?,9?/m0/s1. The number of hydrogen-bond acceptors (Lipinski definition) is 6. The van der Waals surface area contributed by atoms with Gasteiger partial charge in [0.05, 0.1) is 39.0 Å². The van der Waals surface area contributed by atoms with Crippen LogP contribution in [0.3, 0.4) is 0 Å². The van der Waals surface area contributed by atoms with Crippen LogP contribution in [0, 0.1) is 11.8 Å². The van der Waals surface area contributed by atoms with Crippen molar-refractivity contribution in [3.8, 4) is 0 Å². The van der Waals surface area contributed by atoms with Crippen LogP contribution in [-0.2, 0) is 19.3 Å². The molecule has 0 amide bonds. The molecule has 1 aliphatic rings. The Hall–Kier alpha value is -0.690. The van der Waals surface area contributed by atoms with Crippen LogP contribution in [0.25, 0.3) is 0 Å². The summed E-state index contributed by atoms with van der Waals surface area (Å²) in [4.78, 5) is 20.7. The summed E-state index contributed by atoms with van der Waals surface area (Å²) >= 11 is 0. The maximum atomic E-state index is 11.5. The zero-order valence-corrected chi connectivity index (χ0v) is 9.46. The number of carbonyl (C=O) groups excluding carboxylic acids is 1. The Balaban J connectivity index is 2.63. The summed E-state index contributed by atoms with van der Waals surface area (Å²) in [6.07, 6.45) is -1.23. The lowest BCUT2D eigenvalue weighted by atomic mass is 9.77. The molecule has 94 valence electrons. The minimum absolute atomic E-state index is 0.186. The van der Waals surface area contributed by atoms with E-state index in [-0.39, 0.29) is 18.9 Å². The van der Waals surface area contributed by atoms with Gasteiger partial charge in [-0.1, -0.05) is 0 Å². The average Bonchev–Trinajstić information content (AvgIpc) is 2.29. The number of aliphatic hydroxyl groups is 2. The van der Waals surface area contributed by atoms with Crippen molar-refractivity contribution in [2.24, 2.45) is 11.8 Å². The zero-order chi connectivity index (χ0) is 12.1. The number of ether oxygens (including phenoxy) is 1. The van der Waals surface area contributed by atoms with Gasteiger partial charge >= 0.3 is 5.97 Å². The first-order valence-electron chi connectivity index (χ1n) is 5.19. The lowest BCUT2D eigenvalue weighted by molar-refractivity contribution is -0.285. The van der Waals surface area contributed by atoms with E-state index in [0.717, 1.165) is 0 Å². The second-order valence-electron chi connectivity index (χ2n) is 3.95. The van der Waals surface area contributed by atoms with Crippen LogP contribution in [0.15, 0.2) is 0 Å². The molecule has 16 heavy (non-hydrogen) atoms. The molecule has 2 unspecified atom stereocenters. The predicted molar refractivity (Wildman–Crippen MR) is 53.2 cm³/mol. The summed E-state index contributed by atoms with van der Waals surface area (Å²) in [7, 11) is 2.68. The molecule has 0 aromatic rings. The second kappa shape index (κ2) is 6.15. The van der Waals surface area contributed by atoms with Crippen LogP contribution in [0.1, 0.15) is 12.8 Å². The molecule has 2 N–H and O–H groups in total. The highest BCUT2D eigenvalue weighted by Crippen LogP contribution is 2.31. The Morgan fingerprint density at radius 2 is 1.88 bits per heavy atom. The maximum absolute atomic E-state index is 11.5. The quantitative estimate of drug-likeness (QED) is 0.387. The van der Waals surface area contributed by atoms with Crippen LogP contribution >= 0.6 is 0 Å². The third-order valence-corrected chi connectivity index (χ3v) is 2.96. The van der Waals surface area contributed by atoms with Gasteiger partial charge in [-0.2, -0.15) is 0 Å². The largest absolute Gasteiger partial charge is 0.469 e. The third kappa shape index (κ3) is 3.15. The second-order valence-corrected chi connectivity index (χ2v) is 3.95. The monoisotopic (exact) mass is 234 g/mol. The Labute approximate surface area is 94.0 Å². The topological polar surface area (TPSA) is 85.2 Å². The van der Waals surface area contributed by atoms with Gasteiger partial charge in [0.1, 0.15) is 0 Å². The number of carbonyl (C=O) groups is 1. The minimum atomic E-state index is -0.886. The van der Waals surface area contributed by atoms with Gasteiger partial charge in [-0.25, -0.2) is 9.78 Å². The smallest absolute Gasteiger partial charge is 0.309 e. The lowest BCUT2D eigenvalue weighted by Gasteiger charge is -2.34. The number of methoxy groups -OCH3 is 1. The van der Waals surface area contributed by atoms with Crippen molar-refractivity contribution >= 4 is 5.97 Å². The molecule has 0 bridgehead atoms. The molecule has 6 nitrogen and oxygen atoms in total. The number of rotatable bonds is 4. The van der Waals surface area contributed by atoms with Crippen LogP contribution in [0.5, 0.6) is 0 Å². The number of hydrogen-bond donors (Lipinski definition) is 2. The fraction of sp³-hybridized carbons (Fsp3) is 0.900. The van der Waals surface area contributed by atoms with Crippen molar-refractivity contribution in [2.75, 3.05) is 20.8 Å². The predicted octanol–water partition coefficient (Wildman–Crippen LogP) is -0.515. The highest BCUT2D eigenvalue weighted by Gasteiger charge is 2.40. The molecular weight excluding hydrogens is 216 g/mol. The van der Waals surface area contributed by atoms with Crippen LogP contribution < -0.4 is 0 Å². The Kier molecular flexibility index (Phi) is 5.14. The summed E-state index contributed by atoms with van der Waals surface area (Å²) in [5.41, 5.74) is 0. The van der Waals surface area contributed by atoms with Crippen molar-refractivity contribution in [1.29, 1.82) is 0 Å². The van der Waals surface area contributed by atoms with Crippen molar-refractivity contribution in [1.82, 2.24) is 0 Å². The van der Waals surface area contributed by atoms with E-state index in [0.29, 0.717) is 6.42 Å². The fourth-order valence-corrected chi connectivity index (χ4v) is 2.02. The first-order valence-corrected chi connectivity index (χ1v) is 5.19. The van der Waals surface area contributed by atoms with Crippen LogP contribution in [0.4, 0.5) is 0 Å². The molecule has 0 saturated heterocycles. The molecule has 0 aromatic heterocycles. The summed E-state index contributed by atoms with van der Waals surface area (Å²) in [5, 5.41) is 19.0. The van der Waals surface area contributed by atoms with E-state index >= 15 is 0 Å². The number of esters is 1. The SMILES string of the molecule is COOC[C@@H]1CC(O)C(O)C[C@@H]1C(=O)OC. The molecule has 1 saturated carbocycles. The van der Waals surface area contributed by atoms with Gasteiger partial charge in [0.2, 0.25) is 0 Å². The van der Waals surface area contributed by atoms with Gasteiger partial charge in [-0.05, 0) is 12.8 Å². The Morgan fingerprint density at radius 1 is 1.25 bits per heavy atom. The molecule has 6 heteroatoms. The molecule has 0 aromatic carbocycles. The minimum Gasteiger partial charge on any atom is -0.469 e. The fourth-order valence-electron chi connectivity index (χ4n) is 2.02. The van der Waals surface area contributed by atoms with E-state index in [4.69, 9.17) is 4.89 Å². The molecule has 4 atom stereocenters. The summed E-state index contributed by atoms with van der Waals surface area (Å²) in [5.74, 6) is -1.06. The van der Waals surface area contributed by atoms with Crippen molar-refractivity contribution in [2.45, 2.75) is 25.0 Å². The Morgan fingerprint density at radius 3 is 2.44 bits per heavy atom. The molecule has 1 fully saturated rings. The van der Waals surface area contributed by atoms with Gasteiger partial charge in [0, 0.05) is 5.92 Å². The number of aliphatic hydroxyl groups excluding tert-OH is 2. The highest BCUT2D eigenvalue weighted by atomic mass is 17.2. The van der Waals surface area contributed by atoms with E-state index in [2.05, 4.69) is 9.62 Å². The van der Waals surface area contributed by atoms with Crippen LogP contribution in [0.2, 0.25) is 0 Å². The van der Waals surface area contributed by atoms with E-state index in [1.165, 1.54) is 14.2 Å². The van der Waals surface area contributed by atoms with Crippen LogP contribution in [-0.4, -0.2) is 49.2 Å². The van der Waals surface area contributed by atoms with Gasteiger partial charge < -0.3 is 14.9 Å². The first kappa shape index (κ1) is 13.4. The average molecular weight is 234 g/mol. The first-order chi connectivity index (χ1) is 7.60. The van der Waals surface area contributed by atoms with Gasteiger partial charge in [-0.15, -0.1) is 0 Å². The Bertz CT molecular complexity index is 231. The van der Waals surface area contributed by atoms with Crippen molar-refractivity contribution < 1.29 is 29.5 Å². The molecule has 0 radical (unpaired) electrons. The molecule has 0 heterocycles. The van der Waals surface area contributed by atoms with Crippen molar-refractivity contribution in [3.63, 3.8) is 0 Å². The van der Waals surface area contributed by atoms with E-state index in [9.17, 15) is 15.0 Å². The highest BCUT2D eigenvalue weighted by molar-refractivity contribution is 5.72. The van der Waals surface area contributed by atoms with Gasteiger partial charge in [0.15, 0.2) is 0 Å². The summed E-state index contributed by atoms with van der Waals surface area (Å²) in [6, 6.07) is 0. The molecule has 0 spiro atoms. The molecular formula is C10H18O6. The van der Waals surface area contributed by atoms with Crippen molar-refractivity contribution in [3.05, 3.63) is 0 Å². The molecule has 1 aliphatic carbocycles. The van der Waals surface area contributed by atoms with E-state index < -0.39 is 24.1 Å². The van der Waals surface area contributed by atoms with Gasteiger partial charge in [-0.3, -0.25) is 4.79 Å². The summed E-state index contributed by atoms with van der Waals surface area (Å²) < 4.78 is 4.66. The normalized spacial score (nSPS) is 34.8. The third-order valence-electron chi connectivity index (χ3n) is 2.96. The zero-order valence-electron chi connectivity index (χ0n) is 9.46. The lowest BCUT2D eigenvalue weighted by Crippen LogP contribution is -2.43. The maximum Gasteiger partial charge on any atom is 0.309 e. The molecule has 1 rings (SSSR count). The molecule has 0 aliphatic heterocycles. The van der Waals surface area contributed by atoms with E-state index in [1.54, 1.807) is 0 Å². The van der Waals surface area contributed by atoms with E-state index in [1.807, 2.05) is 0 Å². The summed E-state index contributed by atoms with van der Waals surface area (Å²) in [6.45, 7) is 0.194. The van der Waals surface area contributed by atoms with Gasteiger partial charge in [0.25, 0.3) is 0 Å².